The first-order valence-electron chi connectivity index (χ1n) is 6.84. The van der Waals surface area contributed by atoms with Crippen molar-refractivity contribution in [3.05, 3.63) is 58.4 Å². The van der Waals surface area contributed by atoms with Gasteiger partial charge in [0.15, 0.2) is 5.69 Å². The van der Waals surface area contributed by atoms with Crippen LogP contribution in [0, 0.1) is 5.82 Å². The maximum absolute atomic E-state index is 13.2. The molecule has 2 aromatic rings. The molecule has 0 radical (unpaired) electrons. The Hall–Kier alpha value is -2.02. The van der Waals surface area contributed by atoms with Crippen LogP contribution in [0.4, 0.5) is 17.6 Å². The van der Waals surface area contributed by atoms with Gasteiger partial charge in [-0.2, -0.15) is 13.2 Å². The first kappa shape index (κ1) is 14.9. The van der Waals surface area contributed by atoms with Crippen molar-refractivity contribution in [2.24, 2.45) is 0 Å². The van der Waals surface area contributed by atoms with E-state index in [1.807, 2.05) is 0 Å². The Morgan fingerprint density at radius 3 is 2.50 bits per heavy atom. The van der Waals surface area contributed by atoms with E-state index in [1.54, 1.807) is 0 Å². The predicted octanol–water partition coefficient (Wildman–Crippen LogP) is 2.87. The molecule has 1 aliphatic heterocycles. The Morgan fingerprint density at radius 2 is 1.82 bits per heavy atom. The number of benzene rings is 1. The lowest BCUT2D eigenvalue weighted by Gasteiger charge is -2.21. The van der Waals surface area contributed by atoms with Crippen molar-refractivity contribution in [3.8, 4) is 0 Å². The highest BCUT2D eigenvalue weighted by atomic mass is 19.4. The molecule has 0 unspecified atom stereocenters. The van der Waals surface area contributed by atoms with Crippen molar-refractivity contribution in [2.75, 3.05) is 6.54 Å². The first-order valence-corrected chi connectivity index (χ1v) is 6.84. The van der Waals surface area contributed by atoms with E-state index in [-0.39, 0.29) is 24.2 Å². The van der Waals surface area contributed by atoms with Gasteiger partial charge in [0.1, 0.15) is 11.6 Å². The van der Waals surface area contributed by atoms with Crippen LogP contribution in [0.15, 0.2) is 24.3 Å². The molecule has 0 bridgehead atoms. The molecule has 2 heterocycles. The Bertz CT molecular complexity index is 680. The van der Waals surface area contributed by atoms with Gasteiger partial charge in [-0.05, 0) is 30.7 Å². The van der Waals surface area contributed by atoms with Crippen molar-refractivity contribution >= 4 is 0 Å². The lowest BCUT2D eigenvalue weighted by Crippen LogP contribution is -2.29. The lowest BCUT2D eigenvalue weighted by atomic mass is 10.0. The number of hydrogen-bond acceptors (Lipinski definition) is 3. The van der Waals surface area contributed by atoms with E-state index in [9.17, 15) is 17.6 Å². The summed E-state index contributed by atoms with van der Waals surface area (Å²) in [5.74, 6) is -0.295. The highest BCUT2D eigenvalue weighted by Crippen LogP contribution is 2.32. The number of aromatic nitrogens is 2. The molecule has 0 saturated heterocycles. The predicted molar refractivity (Wildman–Crippen MR) is 71.7 cm³/mol. The highest BCUT2D eigenvalue weighted by molar-refractivity contribution is 5.31. The van der Waals surface area contributed by atoms with Gasteiger partial charge < -0.3 is 5.32 Å². The molecule has 7 heteroatoms. The van der Waals surface area contributed by atoms with Crippen LogP contribution in [-0.4, -0.2) is 16.5 Å². The largest absolute Gasteiger partial charge is 0.433 e. The molecule has 0 aliphatic carbocycles. The Labute approximate surface area is 124 Å². The number of fused-ring (bicyclic) bond motifs is 1. The molecule has 116 valence electrons. The molecule has 3 nitrogen and oxygen atoms in total. The average Bonchev–Trinajstić information content (AvgIpc) is 2.48. The van der Waals surface area contributed by atoms with Gasteiger partial charge in [0, 0.05) is 18.5 Å². The van der Waals surface area contributed by atoms with Crippen molar-refractivity contribution < 1.29 is 17.6 Å². The van der Waals surface area contributed by atoms with Crippen LogP contribution < -0.4 is 5.32 Å². The van der Waals surface area contributed by atoms with Crippen LogP contribution in [0.5, 0.6) is 0 Å². The Kier molecular flexibility index (Phi) is 3.82. The van der Waals surface area contributed by atoms with Gasteiger partial charge in [0.25, 0.3) is 0 Å². The van der Waals surface area contributed by atoms with Gasteiger partial charge >= 0.3 is 6.18 Å². The van der Waals surface area contributed by atoms with Crippen molar-refractivity contribution in [1.82, 2.24) is 15.3 Å². The third-order valence-electron chi connectivity index (χ3n) is 3.53. The highest BCUT2D eigenvalue weighted by Gasteiger charge is 2.37. The second kappa shape index (κ2) is 5.64. The molecule has 0 fully saturated rings. The molecule has 22 heavy (non-hydrogen) atoms. The summed E-state index contributed by atoms with van der Waals surface area (Å²) in [6, 6.07) is 5.56. The van der Waals surface area contributed by atoms with E-state index in [0.717, 1.165) is 0 Å². The van der Waals surface area contributed by atoms with E-state index in [0.29, 0.717) is 24.3 Å². The quantitative estimate of drug-likeness (QED) is 0.867. The smallest absolute Gasteiger partial charge is 0.311 e. The molecule has 0 spiro atoms. The lowest BCUT2D eigenvalue weighted by molar-refractivity contribution is -0.142. The molecule has 0 amide bonds. The van der Waals surface area contributed by atoms with Gasteiger partial charge in [0.05, 0.1) is 5.69 Å². The van der Waals surface area contributed by atoms with Crippen LogP contribution in [0.2, 0.25) is 0 Å². The summed E-state index contributed by atoms with van der Waals surface area (Å²) in [6.07, 6.45) is -4.10. The van der Waals surface area contributed by atoms with Crippen LogP contribution in [0.3, 0.4) is 0 Å². The summed E-state index contributed by atoms with van der Waals surface area (Å²) in [6.45, 7) is 0.786. The number of nitrogens with one attached hydrogen (secondary N) is 1. The SMILES string of the molecule is Fc1ccc(Cc2nc3c(c(C(F)(F)F)n2)CCNC3)cc1. The third kappa shape index (κ3) is 3.09. The molecule has 3 rings (SSSR count). The zero-order valence-corrected chi connectivity index (χ0v) is 11.5. The van der Waals surface area contributed by atoms with Crippen molar-refractivity contribution in [1.29, 1.82) is 0 Å². The van der Waals surface area contributed by atoms with Gasteiger partial charge in [-0.15, -0.1) is 0 Å². The van der Waals surface area contributed by atoms with Gasteiger partial charge in [0.2, 0.25) is 0 Å². The zero-order chi connectivity index (χ0) is 15.7. The summed E-state index contributed by atoms with van der Waals surface area (Å²) < 4.78 is 52.4. The van der Waals surface area contributed by atoms with E-state index >= 15 is 0 Å². The topological polar surface area (TPSA) is 37.8 Å². The normalized spacial score (nSPS) is 14.7. The number of halogens is 4. The molecular weight excluding hydrogens is 298 g/mol. The van der Waals surface area contributed by atoms with Crippen LogP contribution in [0.1, 0.15) is 28.3 Å². The monoisotopic (exact) mass is 311 g/mol. The second-order valence-corrected chi connectivity index (χ2v) is 5.14. The van der Waals surface area contributed by atoms with Gasteiger partial charge in [-0.3, -0.25) is 0 Å². The van der Waals surface area contributed by atoms with E-state index in [2.05, 4.69) is 15.3 Å². The van der Waals surface area contributed by atoms with Crippen molar-refractivity contribution in [3.63, 3.8) is 0 Å². The van der Waals surface area contributed by atoms with Crippen LogP contribution in [-0.2, 0) is 25.6 Å². The second-order valence-electron chi connectivity index (χ2n) is 5.14. The zero-order valence-electron chi connectivity index (χ0n) is 11.5. The van der Waals surface area contributed by atoms with Crippen molar-refractivity contribution in [2.45, 2.75) is 25.6 Å². The summed E-state index contributed by atoms with van der Waals surface area (Å²) in [5, 5.41) is 3.01. The fourth-order valence-corrected chi connectivity index (χ4v) is 2.51. The molecule has 0 atom stereocenters. The summed E-state index contributed by atoms with van der Waals surface area (Å²) in [5.41, 5.74) is 0.383. The molecule has 0 saturated carbocycles. The number of nitrogens with zero attached hydrogens (tertiary/aromatic N) is 2. The van der Waals surface area contributed by atoms with Crippen LogP contribution in [0.25, 0.3) is 0 Å². The molecule has 1 aromatic heterocycles. The fourth-order valence-electron chi connectivity index (χ4n) is 2.51. The maximum Gasteiger partial charge on any atom is 0.433 e. The fraction of sp³-hybridized carbons (Fsp3) is 0.333. The van der Waals surface area contributed by atoms with Gasteiger partial charge in [-0.25, -0.2) is 14.4 Å². The number of alkyl halides is 3. The molecule has 1 aromatic carbocycles. The number of hydrogen-bond donors (Lipinski definition) is 1. The maximum atomic E-state index is 13.2. The standard InChI is InChI=1S/C15H13F4N3/c16-10-3-1-9(2-4-10)7-13-21-12-8-20-6-5-11(12)14(22-13)15(17,18)19/h1-4,20H,5-8H2. The Balaban J connectivity index is 1.99. The molecule has 1 aliphatic rings. The summed E-state index contributed by atoms with van der Waals surface area (Å²) in [7, 11) is 0. The Morgan fingerprint density at radius 1 is 1.09 bits per heavy atom. The average molecular weight is 311 g/mol. The molecule has 1 N–H and O–H groups in total. The molecular formula is C15H13F4N3. The summed E-state index contributed by atoms with van der Waals surface area (Å²) >= 11 is 0. The van der Waals surface area contributed by atoms with Crippen LogP contribution >= 0.6 is 0 Å². The first-order chi connectivity index (χ1) is 10.4. The minimum Gasteiger partial charge on any atom is -0.311 e. The minimum atomic E-state index is -4.50. The summed E-state index contributed by atoms with van der Waals surface area (Å²) in [4.78, 5) is 7.96. The van der Waals surface area contributed by atoms with E-state index in [4.69, 9.17) is 0 Å². The van der Waals surface area contributed by atoms with Gasteiger partial charge in [-0.1, -0.05) is 12.1 Å². The third-order valence-corrected chi connectivity index (χ3v) is 3.53. The minimum absolute atomic E-state index is 0.0985. The number of rotatable bonds is 2. The van der Waals surface area contributed by atoms with E-state index in [1.165, 1.54) is 24.3 Å². The van der Waals surface area contributed by atoms with E-state index < -0.39 is 17.7 Å².